The van der Waals surface area contributed by atoms with E-state index in [9.17, 15) is 0 Å². The number of nitrogens with one attached hydrogen (secondary N) is 1. The van der Waals surface area contributed by atoms with Crippen LogP contribution in [0.5, 0.6) is 11.6 Å². The van der Waals surface area contributed by atoms with Gasteiger partial charge in [0.1, 0.15) is 5.75 Å². The van der Waals surface area contributed by atoms with Gasteiger partial charge in [-0.1, -0.05) is 6.07 Å². The van der Waals surface area contributed by atoms with Crippen molar-refractivity contribution in [3.63, 3.8) is 0 Å². The number of allylic oxidation sites excluding steroid dienone is 2. The Bertz CT molecular complexity index is 810. The largest absolute Gasteiger partial charge is 0.493 e. The molecule has 4 rings (SSSR count). The first-order valence-corrected chi connectivity index (χ1v) is 8.95. The van der Waals surface area contributed by atoms with E-state index in [0.29, 0.717) is 12.4 Å². The predicted molar refractivity (Wildman–Crippen MR) is 101 cm³/mol. The smallest absolute Gasteiger partial charge is 0.218 e. The summed E-state index contributed by atoms with van der Waals surface area (Å²) in [7, 11) is 1.65. The topological polar surface area (TPSA) is 46.6 Å². The van der Waals surface area contributed by atoms with E-state index < -0.39 is 0 Å². The van der Waals surface area contributed by atoms with Crippen LogP contribution in [-0.2, 0) is 6.54 Å². The van der Waals surface area contributed by atoms with Gasteiger partial charge in [-0.3, -0.25) is 5.01 Å². The van der Waals surface area contributed by atoms with Crippen molar-refractivity contribution in [2.75, 3.05) is 13.7 Å². The molecule has 5 heteroatoms. The molecule has 1 saturated carbocycles. The number of nitrogens with zero attached hydrogens (tertiary/aromatic N) is 2. The Hall–Kier alpha value is -2.95. The van der Waals surface area contributed by atoms with Gasteiger partial charge in [0.15, 0.2) is 0 Å². The number of ether oxygens (including phenoxy) is 2. The lowest BCUT2D eigenvalue weighted by molar-refractivity contribution is 0.299. The Labute approximate surface area is 153 Å². The molecule has 134 valence electrons. The zero-order valence-electron chi connectivity index (χ0n) is 14.9. The van der Waals surface area contributed by atoms with E-state index in [-0.39, 0.29) is 0 Å². The molecule has 1 aromatic carbocycles. The van der Waals surface area contributed by atoms with Crippen molar-refractivity contribution < 1.29 is 9.47 Å². The molecule has 0 unspecified atom stereocenters. The molecule has 1 aromatic heterocycles. The summed E-state index contributed by atoms with van der Waals surface area (Å²) in [4.78, 5) is 4.28. The van der Waals surface area contributed by atoms with Crippen LogP contribution in [0.1, 0.15) is 24.0 Å². The maximum atomic E-state index is 5.84. The summed E-state index contributed by atoms with van der Waals surface area (Å²) in [5.74, 6) is 2.34. The zero-order valence-corrected chi connectivity index (χ0v) is 14.9. The molecule has 2 aliphatic rings. The van der Waals surface area contributed by atoms with E-state index >= 15 is 0 Å². The van der Waals surface area contributed by atoms with Crippen LogP contribution < -0.4 is 14.9 Å². The van der Waals surface area contributed by atoms with E-state index in [1.807, 2.05) is 36.5 Å². The van der Waals surface area contributed by atoms with Crippen LogP contribution in [0.4, 0.5) is 0 Å². The van der Waals surface area contributed by atoms with E-state index in [2.05, 4.69) is 33.6 Å². The number of methoxy groups -OCH3 is 1. The predicted octanol–water partition coefficient (Wildman–Crippen LogP) is 3.75. The molecule has 1 fully saturated rings. The Balaban J connectivity index is 1.49. The molecule has 1 N–H and O–H groups in total. The van der Waals surface area contributed by atoms with Gasteiger partial charge in [-0.25, -0.2) is 4.98 Å². The molecule has 0 spiro atoms. The van der Waals surface area contributed by atoms with Crippen molar-refractivity contribution in [1.82, 2.24) is 15.4 Å². The number of hydrogen-bond acceptors (Lipinski definition) is 5. The summed E-state index contributed by atoms with van der Waals surface area (Å²) >= 11 is 0. The molecule has 0 radical (unpaired) electrons. The van der Waals surface area contributed by atoms with Gasteiger partial charge in [-0.05, 0) is 66.8 Å². The first kappa shape index (κ1) is 16.5. The highest BCUT2D eigenvalue weighted by Crippen LogP contribution is 2.30. The molecule has 0 atom stereocenters. The number of rotatable bonds is 7. The van der Waals surface area contributed by atoms with E-state index in [1.165, 1.54) is 12.8 Å². The lowest BCUT2D eigenvalue weighted by Crippen LogP contribution is -2.34. The SMILES string of the molecule is COc1ncccc1CN1NC=CC=C1c1ccc(OCC2CC2)cc1. The highest BCUT2D eigenvalue weighted by atomic mass is 16.5. The monoisotopic (exact) mass is 349 g/mol. The third-order valence-corrected chi connectivity index (χ3v) is 4.58. The number of hydrogen-bond donors (Lipinski definition) is 1. The fourth-order valence-electron chi connectivity index (χ4n) is 2.93. The van der Waals surface area contributed by atoms with Gasteiger partial charge in [0.2, 0.25) is 5.88 Å². The second-order valence-corrected chi connectivity index (χ2v) is 6.58. The third-order valence-electron chi connectivity index (χ3n) is 4.58. The quantitative estimate of drug-likeness (QED) is 0.825. The minimum atomic E-state index is 0.645. The molecule has 0 saturated heterocycles. The molecule has 5 nitrogen and oxygen atoms in total. The fourth-order valence-corrected chi connectivity index (χ4v) is 2.93. The fraction of sp³-hybridized carbons (Fsp3) is 0.286. The Morgan fingerprint density at radius 2 is 2.04 bits per heavy atom. The van der Waals surface area contributed by atoms with Crippen LogP contribution in [-0.4, -0.2) is 23.7 Å². The molecule has 1 aliphatic heterocycles. The van der Waals surface area contributed by atoms with Gasteiger partial charge in [-0.2, -0.15) is 0 Å². The molecule has 26 heavy (non-hydrogen) atoms. The zero-order chi connectivity index (χ0) is 17.8. The Morgan fingerprint density at radius 3 is 2.81 bits per heavy atom. The minimum Gasteiger partial charge on any atom is -0.493 e. The summed E-state index contributed by atoms with van der Waals surface area (Å²) in [6.07, 6.45) is 10.4. The van der Waals surface area contributed by atoms with Gasteiger partial charge in [-0.15, -0.1) is 0 Å². The first-order chi connectivity index (χ1) is 12.8. The number of aromatic nitrogens is 1. The van der Waals surface area contributed by atoms with Crippen molar-refractivity contribution in [2.24, 2.45) is 5.92 Å². The summed E-state index contributed by atoms with van der Waals surface area (Å²) in [5.41, 5.74) is 6.54. The molecule has 1 aliphatic carbocycles. The third kappa shape index (κ3) is 3.82. The van der Waals surface area contributed by atoms with Gasteiger partial charge in [0.05, 0.1) is 26.0 Å². The normalized spacial score (nSPS) is 16.0. The maximum absolute atomic E-state index is 5.84. The van der Waals surface area contributed by atoms with Crippen molar-refractivity contribution in [2.45, 2.75) is 19.4 Å². The molecular weight excluding hydrogens is 326 g/mol. The van der Waals surface area contributed by atoms with Crippen LogP contribution in [0.3, 0.4) is 0 Å². The summed E-state index contributed by atoms with van der Waals surface area (Å²) in [6.45, 7) is 1.48. The Morgan fingerprint density at radius 1 is 1.19 bits per heavy atom. The number of hydrazine groups is 1. The number of benzene rings is 1. The van der Waals surface area contributed by atoms with Crippen molar-refractivity contribution in [1.29, 1.82) is 0 Å². The molecular formula is C21H23N3O2. The van der Waals surface area contributed by atoms with Gasteiger partial charge in [0.25, 0.3) is 0 Å². The van der Waals surface area contributed by atoms with Crippen LogP contribution in [0.2, 0.25) is 0 Å². The molecule has 2 heterocycles. The summed E-state index contributed by atoms with van der Waals surface area (Å²) in [5, 5.41) is 2.08. The number of pyridine rings is 1. The lowest BCUT2D eigenvalue weighted by Gasteiger charge is -2.30. The highest BCUT2D eigenvalue weighted by Gasteiger charge is 2.22. The summed E-state index contributed by atoms with van der Waals surface area (Å²) in [6, 6.07) is 12.2. The molecule has 2 aromatic rings. The van der Waals surface area contributed by atoms with E-state index in [1.54, 1.807) is 13.3 Å². The van der Waals surface area contributed by atoms with Crippen LogP contribution in [0.25, 0.3) is 5.70 Å². The van der Waals surface area contributed by atoms with Crippen LogP contribution in [0.15, 0.2) is 60.9 Å². The van der Waals surface area contributed by atoms with E-state index in [4.69, 9.17) is 9.47 Å². The first-order valence-electron chi connectivity index (χ1n) is 8.95. The van der Waals surface area contributed by atoms with Gasteiger partial charge < -0.3 is 14.9 Å². The summed E-state index contributed by atoms with van der Waals surface area (Å²) < 4.78 is 11.2. The maximum Gasteiger partial charge on any atom is 0.218 e. The average Bonchev–Trinajstić information content (AvgIpc) is 3.52. The van der Waals surface area contributed by atoms with Crippen LogP contribution in [0, 0.1) is 5.92 Å². The molecule has 0 amide bonds. The average molecular weight is 349 g/mol. The highest BCUT2D eigenvalue weighted by molar-refractivity contribution is 5.67. The van der Waals surface area contributed by atoms with Crippen molar-refractivity contribution in [3.8, 4) is 11.6 Å². The standard InChI is InChI=1S/C21H23N3O2/c1-25-21-18(4-2-12-22-21)14-24-20(5-3-13-23-24)17-8-10-19(11-9-17)26-15-16-6-7-16/h2-5,8-13,16,23H,6-7,14-15H2,1H3. The van der Waals surface area contributed by atoms with Crippen molar-refractivity contribution in [3.05, 3.63) is 72.1 Å². The second-order valence-electron chi connectivity index (χ2n) is 6.58. The van der Waals surface area contributed by atoms with Gasteiger partial charge >= 0.3 is 0 Å². The lowest BCUT2D eigenvalue weighted by atomic mass is 10.1. The van der Waals surface area contributed by atoms with E-state index in [0.717, 1.165) is 35.1 Å². The van der Waals surface area contributed by atoms with Gasteiger partial charge in [0, 0.05) is 18.0 Å². The van der Waals surface area contributed by atoms with Crippen LogP contribution >= 0.6 is 0 Å². The minimum absolute atomic E-state index is 0.645. The van der Waals surface area contributed by atoms with Crippen molar-refractivity contribution >= 4 is 5.70 Å². The Kier molecular flexibility index (Phi) is 4.78. The molecule has 0 bridgehead atoms. The second kappa shape index (κ2) is 7.52.